The lowest BCUT2D eigenvalue weighted by Gasteiger charge is -2.09. The number of ketones is 1. The molecule has 2 aromatic rings. The second-order valence-corrected chi connectivity index (χ2v) is 3.90. The van der Waals surface area contributed by atoms with Crippen LogP contribution in [0.15, 0.2) is 54.6 Å². The van der Waals surface area contributed by atoms with Gasteiger partial charge in [-0.05, 0) is 24.3 Å². The molecule has 2 aromatic carbocycles. The van der Waals surface area contributed by atoms with Crippen molar-refractivity contribution in [3.63, 3.8) is 0 Å². The van der Waals surface area contributed by atoms with E-state index in [1.54, 1.807) is 36.4 Å². The summed E-state index contributed by atoms with van der Waals surface area (Å²) in [4.78, 5) is 22.4. The number of carboxylic acids is 1. The number of hydrogen-bond acceptors (Lipinski definition) is 3. The van der Waals surface area contributed by atoms with Gasteiger partial charge in [0.2, 0.25) is 0 Å². The van der Waals surface area contributed by atoms with E-state index in [4.69, 9.17) is 9.84 Å². The molecule has 0 radical (unpaired) electrons. The number of para-hydroxylation sites is 2. The van der Waals surface area contributed by atoms with E-state index in [0.717, 1.165) is 0 Å². The molecule has 0 aromatic heterocycles. The number of hydrogen-bond donors (Lipinski definition) is 1. The molecule has 0 atom stereocenters. The van der Waals surface area contributed by atoms with Crippen molar-refractivity contribution in [1.82, 2.24) is 0 Å². The summed E-state index contributed by atoms with van der Waals surface area (Å²) in [5, 5.41) is 8.66. The maximum absolute atomic E-state index is 11.8. The van der Waals surface area contributed by atoms with Gasteiger partial charge in [-0.15, -0.1) is 0 Å². The Morgan fingerprint density at radius 2 is 1.58 bits per heavy atom. The van der Waals surface area contributed by atoms with Crippen molar-refractivity contribution in [3.05, 3.63) is 60.2 Å². The third-order valence-electron chi connectivity index (χ3n) is 2.47. The van der Waals surface area contributed by atoms with E-state index in [1.807, 2.05) is 18.2 Å². The van der Waals surface area contributed by atoms with Gasteiger partial charge in [-0.25, -0.2) is 0 Å². The summed E-state index contributed by atoms with van der Waals surface area (Å²) in [6, 6.07) is 15.6. The van der Waals surface area contributed by atoms with Gasteiger partial charge in [-0.3, -0.25) is 9.59 Å². The van der Waals surface area contributed by atoms with Crippen LogP contribution >= 0.6 is 0 Å². The zero-order valence-electron chi connectivity index (χ0n) is 10.1. The molecule has 2 rings (SSSR count). The number of carbonyl (C=O) groups is 2. The lowest BCUT2D eigenvalue weighted by molar-refractivity contribution is -0.135. The van der Waals surface area contributed by atoms with E-state index < -0.39 is 18.2 Å². The minimum absolute atomic E-state index is 0.272. The van der Waals surface area contributed by atoms with Crippen LogP contribution < -0.4 is 4.74 Å². The molecule has 19 heavy (non-hydrogen) atoms. The number of rotatable bonds is 5. The highest BCUT2D eigenvalue weighted by molar-refractivity contribution is 6.07. The van der Waals surface area contributed by atoms with Crippen LogP contribution in [0.3, 0.4) is 0 Å². The Labute approximate surface area is 110 Å². The van der Waals surface area contributed by atoms with Crippen molar-refractivity contribution in [3.8, 4) is 11.5 Å². The average molecular weight is 256 g/mol. The highest BCUT2D eigenvalue weighted by atomic mass is 16.5. The van der Waals surface area contributed by atoms with E-state index >= 15 is 0 Å². The standard InChI is InChI=1S/C15H12O4/c16-13(10-15(17)18)12-8-4-5-9-14(12)19-11-6-2-1-3-7-11/h1-9H,10H2,(H,17,18). The van der Waals surface area contributed by atoms with Crippen LogP contribution in [0.25, 0.3) is 0 Å². The first kappa shape index (κ1) is 12.8. The Bertz CT molecular complexity index is 590. The molecule has 0 aliphatic rings. The molecule has 0 aliphatic heterocycles. The van der Waals surface area contributed by atoms with Crippen LogP contribution in [-0.2, 0) is 4.79 Å². The molecule has 0 spiro atoms. The van der Waals surface area contributed by atoms with Gasteiger partial charge < -0.3 is 9.84 Å². The molecule has 96 valence electrons. The zero-order chi connectivity index (χ0) is 13.7. The first-order chi connectivity index (χ1) is 9.16. The highest BCUT2D eigenvalue weighted by Gasteiger charge is 2.15. The molecule has 0 saturated carbocycles. The van der Waals surface area contributed by atoms with E-state index in [0.29, 0.717) is 11.5 Å². The van der Waals surface area contributed by atoms with Gasteiger partial charge in [0.05, 0.1) is 5.56 Å². The molecule has 0 fully saturated rings. The highest BCUT2D eigenvalue weighted by Crippen LogP contribution is 2.25. The van der Waals surface area contributed by atoms with Crippen molar-refractivity contribution in [2.45, 2.75) is 6.42 Å². The van der Waals surface area contributed by atoms with Crippen LogP contribution in [0.2, 0.25) is 0 Å². The van der Waals surface area contributed by atoms with E-state index in [9.17, 15) is 9.59 Å². The molecule has 4 heteroatoms. The van der Waals surface area contributed by atoms with Gasteiger partial charge in [-0.1, -0.05) is 30.3 Å². The number of carbonyl (C=O) groups excluding carboxylic acids is 1. The van der Waals surface area contributed by atoms with E-state index in [-0.39, 0.29) is 5.56 Å². The normalized spacial score (nSPS) is 9.89. The van der Waals surface area contributed by atoms with Crippen molar-refractivity contribution >= 4 is 11.8 Å². The summed E-state index contributed by atoms with van der Waals surface area (Å²) >= 11 is 0. The summed E-state index contributed by atoms with van der Waals surface area (Å²) in [7, 11) is 0. The maximum Gasteiger partial charge on any atom is 0.311 e. The molecule has 0 heterocycles. The summed E-state index contributed by atoms with van der Waals surface area (Å²) in [5.41, 5.74) is 0.272. The molecule has 4 nitrogen and oxygen atoms in total. The topological polar surface area (TPSA) is 63.6 Å². The monoisotopic (exact) mass is 256 g/mol. The fourth-order valence-corrected chi connectivity index (χ4v) is 1.63. The first-order valence-electron chi connectivity index (χ1n) is 5.74. The molecule has 0 unspecified atom stereocenters. The van der Waals surface area contributed by atoms with Gasteiger partial charge in [0.15, 0.2) is 5.78 Å². The van der Waals surface area contributed by atoms with Crippen molar-refractivity contribution < 1.29 is 19.4 Å². The minimum Gasteiger partial charge on any atom is -0.481 e. The fraction of sp³-hybridized carbons (Fsp3) is 0.0667. The van der Waals surface area contributed by atoms with Gasteiger partial charge in [0, 0.05) is 0 Å². The molecule has 0 bridgehead atoms. The van der Waals surface area contributed by atoms with Gasteiger partial charge in [0.1, 0.15) is 17.9 Å². The Morgan fingerprint density at radius 3 is 2.26 bits per heavy atom. The third kappa shape index (κ3) is 3.42. The van der Waals surface area contributed by atoms with Crippen LogP contribution in [0.5, 0.6) is 11.5 Å². The Hall–Kier alpha value is -2.62. The lowest BCUT2D eigenvalue weighted by atomic mass is 10.1. The second kappa shape index (κ2) is 5.82. The van der Waals surface area contributed by atoms with Crippen LogP contribution in [0.1, 0.15) is 16.8 Å². The lowest BCUT2D eigenvalue weighted by Crippen LogP contribution is -2.08. The fourth-order valence-electron chi connectivity index (χ4n) is 1.63. The van der Waals surface area contributed by atoms with Gasteiger partial charge >= 0.3 is 5.97 Å². The maximum atomic E-state index is 11.8. The average Bonchev–Trinajstić information content (AvgIpc) is 2.39. The summed E-state index contributed by atoms with van der Waals surface area (Å²) in [6.07, 6.45) is -0.546. The Balaban J connectivity index is 2.26. The Kier molecular flexibility index (Phi) is 3.93. The molecular formula is C15H12O4. The molecule has 0 amide bonds. The van der Waals surface area contributed by atoms with E-state index in [1.165, 1.54) is 0 Å². The van der Waals surface area contributed by atoms with Crippen LogP contribution in [-0.4, -0.2) is 16.9 Å². The van der Waals surface area contributed by atoms with Gasteiger partial charge in [0.25, 0.3) is 0 Å². The SMILES string of the molecule is O=C(O)CC(=O)c1ccccc1Oc1ccccc1. The Morgan fingerprint density at radius 1 is 0.947 bits per heavy atom. The number of ether oxygens (including phenoxy) is 1. The molecule has 0 saturated heterocycles. The largest absolute Gasteiger partial charge is 0.481 e. The van der Waals surface area contributed by atoms with Gasteiger partial charge in [-0.2, -0.15) is 0 Å². The van der Waals surface area contributed by atoms with Crippen molar-refractivity contribution in [2.24, 2.45) is 0 Å². The molecule has 1 N–H and O–H groups in total. The summed E-state index contributed by atoms with van der Waals surface area (Å²) in [6.45, 7) is 0. The minimum atomic E-state index is -1.15. The zero-order valence-corrected chi connectivity index (χ0v) is 10.1. The predicted octanol–water partition coefficient (Wildman–Crippen LogP) is 3.14. The number of aliphatic carboxylic acids is 1. The third-order valence-corrected chi connectivity index (χ3v) is 2.47. The molecular weight excluding hydrogens is 244 g/mol. The van der Waals surface area contributed by atoms with E-state index in [2.05, 4.69) is 0 Å². The first-order valence-corrected chi connectivity index (χ1v) is 5.74. The van der Waals surface area contributed by atoms with Crippen LogP contribution in [0.4, 0.5) is 0 Å². The number of benzene rings is 2. The van der Waals surface area contributed by atoms with Crippen molar-refractivity contribution in [1.29, 1.82) is 0 Å². The summed E-state index contributed by atoms with van der Waals surface area (Å²) < 4.78 is 5.60. The quantitative estimate of drug-likeness (QED) is 0.659. The van der Waals surface area contributed by atoms with Crippen molar-refractivity contribution in [2.75, 3.05) is 0 Å². The predicted molar refractivity (Wildman–Crippen MR) is 69.5 cm³/mol. The van der Waals surface area contributed by atoms with Crippen LogP contribution in [0, 0.1) is 0 Å². The second-order valence-electron chi connectivity index (χ2n) is 3.90. The smallest absolute Gasteiger partial charge is 0.311 e. The number of Topliss-reactive ketones (excluding diaryl/α,β-unsaturated/α-hetero) is 1. The summed E-state index contributed by atoms with van der Waals surface area (Å²) in [5.74, 6) is -0.670. The number of carboxylic acid groups (broad SMARTS) is 1. The molecule has 0 aliphatic carbocycles.